The Labute approximate surface area is 147 Å². The van der Waals surface area contributed by atoms with E-state index >= 15 is 0 Å². The Morgan fingerprint density at radius 3 is 2.48 bits per heavy atom. The second kappa shape index (κ2) is 7.90. The number of anilines is 3. The number of nitrogens with zero attached hydrogens (tertiary/aromatic N) is 2. The minimum Gasteiger partial charge on any atom is -0.478 e. The summed E-state index contributed by atoms with van der Waals surface area (Å²) in [6.45, 7) is 5.56. The fourth-order valence-corrected chi connectivity index (χ4v) is 3.11. The molecule has 0 saturated carbocycles. The molecule has 2 aromatic carbocycles. The Morgan fingerprint density at radius 1 is 1.08 bits per heavy atom. The van der Waals surface area contributed by atoms with Crippen LogP contribution in [0.5, 0.6) is 0 Å². The molecular weight excluding hydrogens is 316 g/mol. The average Bonchev–Trinajstić information content (AvgIpc) is 2.63. The summed E-state index contributed by atoms with van der Waals surface area (Å²) < 4.78 is 0. The predicted molar refractivity (Wildman–Crippen MR) is 101 cm³/mol. The number of aromatic carboxylic acids is 1. The zero-order chi connectivity index (χ0) is 17.6. The number of rotatable bonds is 6. The van der Waals surface area contributed by atoms with E-state index in [0.29, 0.717) is 17.9 Å². The average molecular weight is 340 g/mol. The van der Waals surface area contributed by atoms with Gasteiger partial charge in [-0.05, 0) is 30.3 Å². The molecule has 25 heavy (non-hydrogen) atoms. The molecule has 0 unspecified atom stereocenters. The summed E-state index contributed by atoms with van der Waals surface area (Å²) in [6.07, 6.45) is 0. The summed E-state index contributed by atoms with van der Waals surface area (Å²) >= 11 is 0. The lowest BCUT2D eigenvalue weighted by Gasteiger charge is -2.36. The molecule has 1 saturated heterocycles. The Hall–Kier alpha value is -2.73. The number of benzene rings is 2. The first-order valence-corrected chi connectivity index (χ1v) is 8.52. The van der Waals surface area contributed by atoms with Gasteiger partial charge >= 0.3 is 5.97 Å². The van der Waals surface area contributed by atoms with Gasteiger partial charge in [-0.25, -0.2) is 4.79 Å². The van der Waals surface area contributed by atoms with E-state index < -0.39 is 5.97 Å². The van der Waals surface area contributed by atoms with Crippen LogP contribution in [0.4, 0.5) is 17.1 Å². The molecule has 6 heteroatoms. The van der Waals surface area contributed by atoms with Gasteiger partial charge in [0, 0.05) is 50.6 Å². The van der Waals surface area contributed by atoms with Crippen molar-refractivity contribution >= 4 is 23.0 Å². The molecule has 1 heterocycles. The van der Waals surface area contributed by atoms with E-state index in [9.17, 15) is 9.90 Å². The summed E-state index contributed by atoms with van der Waals surface area (Å²) in [6, 6.07) is 15.3. The van der Waals surface area contributed by atoms with Crippen molar-refractivity contribution in [3.63, 3.8) is 0 Å². The van der Waals surface area contributed by atoms with Crippen LogP contribution in [0.15, 0.2) is 48.5 Å². The van der Waals surface area contributed by atoms with E-state index in [-0.39, 0.29) is 5.56 Å². The molecule has 2 aromatic rings. The maximum absolute atomic E-state index is 11.3. The Bertz CT molecular complexity index is 713. The molecule has 3 rings (SSSR count). The number of para-hydroxylation sites is 1. The van der Waals surface area contributed by atoms with Gasteiger partial charge in [0.1, 0.15) is 0 Å². The summed E-state index contributed by atoms with van der Waals surface area (Å²) in [5.74, 6) is -0.945. The molecule has 0 amide bonds. The molecule has 0 aromatic heterocycles. The van der Waals surface area contributed by atoms with Gasteiger partial charge in [-0.2, -0.15) is 0 Å². The van der Waals surface area contributed by atoms with Gasteiger partial charge in [0.05, 0.1) is 11.3 Å². The van der Waals surface area contributed by atoms with Crippen molar-refractivity contribution in [3.8, 4) is 0 Å². The largest absolute Gasteiger partial charge is 0.478 e. The number of nitrogens with two attached hydrogens (primary N) is 1. The summed E-state index contributed by atoms with van der Waals surface area (Å²) in [4.78, 5) is 16.1. The second-order valence-corrected chi connectivity index (χ2v) is 6.20. The number of hydrogen-bond donors (Lipinski definition) is 3. The number of carboxylic acid groups (broad SMARTS) is 1. The number of piperazine rings is 1. The quantitative estimate of drug-likeness (QED) is 0.700. The molecule has 0 radical (unpaired) electrons. The summed E-state index contributed by atoms with van der Waals surface area (Å²) in [7, 11) is 0. The third kappa shape index (κ3) is 4.42. The normalized spacial score (nSPS) is 15.1. The number of nitrogens with one attached hydrogen (secondary N) is 1. The van der Waals surface area contributed by atoms with Gasteiger partial charge in [0.2, 0.25) is 0 Å². The van der Waals surface area contributed by atoms with Crippen molar-refractivity contribution in [3.05, 3.63) is 54.1 Å². The number of hydrogen-bond acceptors (Lipinski definition) is 5. The van der Waals surface area contributed by atoms with E-state index in [1.54, 1.807) is 18.2 Å². The van der Waals surface area contributed by atoms with Crippen LogP contribution >= 0.6 is 0 Å². The van der Waals surface area contributed by atoms with Crippen LogP contribution in [0.2, 0.25) is 0 Å². The molecule has 0 spiro atoms. The highest BCUT2D eigenvalue weighted by atomic mass is 16.4. The fourth-order valence-electron chi connectivity index (χ4n) is 3.11. The highest BCUT2D eigenvalue weighted by Crippen LogP contribution is 2.19. The fraction of sp³-hybridized carbons (Fsp3) is 0.316. The maximum atomic E-state index is 11.3. The monoisotopic (exact) mass is 340 g/mol. The maximum Gasteiger partial charge on any atom is 0.337 e. The number of carboxylic acids is 1. The smallest absolute Gasteiger partial charge is 0.337 e. The molecule has 6 nitrogen and oxygen atoms in total. The summed E-state index contributed by atoms with van der Waals surface area (Å²) in [5.41, 5.74) is 8.42. The Morgan fingerprint density at radius 2 is 1.80 bits per heavy atom. The molecular formula is C19H24N4O2. The van der Waals surface area contributed by atoms with Crippen LogP contribution in [0.1, 0.15) is 10.4 Å². The highest BCUT2D eigenvalue weighted by molar-refractivity contribution is 5.95. The van der Waals surface area contributed by atoms with Crippen LogP contribution in [0.3, 0.4) is 0 Å². The van der Waals surface area contributed by atoms with Gasteiger partial charge < -0.3 is 21.1 Å². The van der Waals surface area contributed by atoms with Crippen molar-refractivity contribution < 1.29 is 9.90 Å². The lowest BCUT2D eigenvalue weighted by Crippen LogP contribution is -2.47. The van der Waals surface area contributed by atoms with Crippen LogP contribution in [-0.4, -0.2) is 55.2 Å². The summed E-state index contributed by atoms with van der Waals surface area (Å²) in [5, 5.41) is 12.5. The molecule has 132 valence electrons. The molecule has 0 bridgehead atoms. The zero-order valence-corrected chi connectivity index (χ0v) is 14.2. The third-order valence-electron chi connectivity index (χ3n) is 4.51. The van der Waals surface area contributed by atoms with Crippen molar-refractivity contribution in [2.75, 3.05) is 55.2 Å². The molecule has 1 aliphatic heterocycles. The molecule has 1 fully saturated rings. The Balaban J connectivity index is 1.48. The van der Waals surface area contributed by atoms with E-state index in [1.807, 2.05) is 6.07 Å². The van der Waals surface area contributed by atoms with Crippen LogP contribution in [0.25, 0.3) is 0 Å². The molecule has 0 atom stereocenters. The topological polar surface area (TPSA) is 81.8 Å². The highest BCUT2D eigenvalue weighted by Gasteiger charge is 2.17. The lowest BCUT2D eigenvalue weighted by molar-refractivity contribution is 0.0698. The van der Waals surface area contributed by atoms with Gasteiger partial charge in [0.25, 0.3) is 0 Å². The van der Waals surface area contributed by atoms with Gasteiger partial charge in [0.15, 0.2) is 0 Å². The SMILES string of the molecule is Nc1ccc(C(=O)O)c(NCCN2CCN(c3ccccc3)CC2)c1. The Kier molecular flexibility index (Phi) is 5.40. The van der Waals surface area contributed by atoms with E-state index in [0.717, 1.165) is 32.7 Å². The molecule has 4 N–H and O–H groups in total. The molecule has 1 aliphatic rings. The second-order valence-electron chi connectivity index (χ2n) is 6.20. The minimum atomic E-state index is -0.945. The first-order valence-electron chi connectivity index (χ1n) is 8.52. The number of carbonyl (C=O) groups is 1. The van der Waals surface area contributed by atoms with E-state index in [2.05, 4.69) is 39.4 Å². The standard InChI is InChI=1S/C19H24N4O2/c20-15-6-7-17(19(24)25)18(14-15)21-8-9-22-10-12-23(13-11-22)16-4-2-1-3-5-16/h1-7,14,21H,8-13,20H2,(H,24,25). The van der Waals surface area contributed by atoms with Gasteiger partial charge in [-0.3, -0.25) is 4.90 Å². The van der Waals surface area contributed by atoms with Gasteiger partial charge in [-0.15, -0.1) is 0 Å². The van der Waals surface area contributed by atoms with E-state index in [4.69, 9.17) is 5.73 Å². The number of nitrogen functional groups attached to an aromatic ring is 1. The zero-order valence-electron chi connectivity index (χ0n) is 14.2. The van der Waals surface area contributed by atoms with E-state index in [1.165, 1.54) is 5.69 Å². The van der Waals surface area contributed by atoms with Crippen molar-refractivity contribution in [1.29, 1.82) is 0 Å². The van der Waals surface area contributed by atoms with Gasteiger partial charge in [-0.1, -0.05) is 18.2 Å². The third-order valence-corrected chi connectivity index (χ3v) is 4.51. The van der Waals surface area contributed by atoms with Crippen molar-refractivity contribution in [2.45, 2.75) is 0 Å². The molecule has 0 aliphatic carbocycles. The van der Waals surface area contributed by atoms with Crippen LogP contribution < -0.4 is 16.0 Å². The first-order chi connectivity index (χ1) is 12.1. The predicted octanol–water partition coefficient (Wildman–Crippen LogP) is 2.20. The minimum absolute atomic E-state index is 0.253. The van der Waals surface area contributed by atoms with Crippen molar-refractivity contribution in [1.82, 2.24) is 4.90 Å². The lowest BCUT2D eigenvalue weighted by atomic mass is 10.1. The first kappa shape index (κ1) is 17.1. The van der Waals surface area contributed by atoms with Crippen LogP contribution in [0, 0.1) is 0 Å². The van der Waals surface area contributed by atoms with Crippen molar-refractivity contribution in [2.24, 2.45) is 0 Å². The van der Waals surface area contributed by atoms with Crippen LogP contribution in [-0.2, 0) is 0 Å².